The van der Waals surface area contributed by atoms with Gasteiger partial charge in [0.05, 0.1) is 33.1 Å². The van der Waals surface area contributed by atoms with Gasteiger partial charge in [-0.3, -0.25) is 0 Å². The quantitative estimate of drug-likeness (QED) is 0.164. The largest absolute Gasteiger partial charge is 0.343 e. The van der Waals surface area contributed by atoms with Crippen molar-refractivity contribution in [2.75, 3.05) is 0 Å². The highest BCUT2D eigenvalue weighted by Gasteiger charge is 2.25. The van der Waals surface area contributed by atoms with Crippen molar-refractivity contribution in [1.82, 2.24) is 27.4 Å². The Labute approximate surface area is 573 Å². The molecule has 98 heavy (non-hydrogen) atoms. The molecule has 4 aliphatic carbocycles. The summed E-state index contributed by atoms with van der Waals surface area (Å²) in [4.78, 5) is 0. The van der Waals surface area contributed by atoms with Crippen LogP contribution in [-0.4, -0.2) is 27.4 Å². The highest BCUT2D eigenvalue weighted by molar-refractivity contribution is 6.16. The molecule has 6 heteroatoms. The van der Waals surface area contributed by atoms with Crippen molar-refractivity contribution in [3.8, 4) is 0 Å². The van der Waals surface area contributed by atoms with Crippen LogP contribution in [-0.2, 0) is 119 Å². The van der Waals surface area contributed by atoms with Gasteiger partial charge in [0.15, 0.2) is 0 Å². The molecule has 6 nitrogen and oxygen atoms in total. The van der Waals surface area contributed by atoms with Gasteiger partial charge >= 0.3 is 0 Å². The third-order valence-corrected chi connectivity index (χ3v) is 23.4. The summed E-state index contributed by atoms with van der Waals surface area (Å²) < 4.78 is 14.5. The number of para-hydroxylation sites is 6. The first-order valence-corrected chi connectivity index (χ1v) is 36.0. The second-order valence-electron chi connectivity index (χ2n) is 28.3. The predicted molar refractivity (Wildman–Crippen MR) is 418 cm³/mol. The zero-order valence-corrected chi connectivity index (χ0v) is 58.0. The maximum atomic E-state index is 2.42. The number of hydrogen-bond donors (Lipinski definition) is 0. The molecular weight excluding hydrogens is 1190 g/mol. The minimum Gasteiger partial charge on any atom is -0.343 e. The number of hydrogen-bond acceptors (Lipinski definition) is 0. The molecule has 4 aliphatic rings. The fourth-order valence-corrected chi connectivity index (χ4v) is 18.7. The van der Waals surface area contributed by atoms with E-state index in [-0.39, 0.29) is 0 Å². The number of benzene rings is 12. The van der Waals surface area contributed by atoms with E-state index >= 15 is 0 Å². The van der Waals surface area contributed by atoms with E-state index in [0.29, 0.717) is 0 Å². The number of aromatic nitrogens is 6. The number of nitrogens with zero attached hydrogens (tertiary/aromatic N) is 6. The van der Waals surface area contributed by atoms with Gasteiger partial charge in [0, 0.05) is 140 Å². The van der Waals surface area contributed by atoms with Crippen LogP contribution in [0.5, 0.6) is 0 Å². The molecule has 12 aromatic carbocycles. The molecule has 0 N–H and O–H groups in total. The first-order chi connectivity index (χ1) is 48.1. The lowest BCUT2D eigenvalue weighted by Gasteiger charge is -2.15. The van der Waals surface area contributed by atoms with E-state index in [1.807, 2.05) is 0 Å². The Hall–Kier alpha value is -10.6. The Morgan fingerprint density at radius 3 is 0.735 bits per heavy atom. The summed E-state index contributed by atoms with van der Waals surface area (Å²) in [6.45, 7) is 4.53. The Kier molecular flexibility index (Phi) is 14.4. The molecule has 0 aliphatic heterocycles. The summed E-state index contributed by atoms with van der Waals surface area (Å²) in [6.07, 6.45) is 12.6. The molecule has 6 aromatic heterocycles. The van der Waals surface area contributed by atoms with Crippen LogP contribution in [0.25, 0.3) is 131 Å². The molecule has 0 fully saturated rings. The number of rotatable bonds is 5. The summed E-state index contributed by atoms with van der Waals surface area (Å²) in [5.41, 5.74) is 34.0. The van der Waals surface area contributed by atoms with Gasteiger partial charge in [0.25, 0.3) is 0 Å². The van der Waals surface area contributed by atoms with E-state index < -0.39 is 0 Å². The first-order valence-electron chi connectivity index (χ1n) is 36.0. The van der Waals surface area contributed by atoms with Gasteiger partial charge in [-0.05, 0) is 180 Å². The second-order valence-corrected chi connectivity index (χ2v) is 28.3. The van der Waals surface area contributed by atoms with Crippen LogP contribution in [0.4, 0.5) is 0 Å². The Morgan fingerprint density at radius 1 is 0.204 bits per heavy atom. The average Bonchev–Trinajstić information content (AvgIpc) is 1.60. The highest BCUT2D eigenvalue weighted by Crippen LogP contribution is 2.43. The lowest BCUT2D eigenvalue weighted by molar-refractivity contribution is 0.918. The lowest BCUT2D eigenvalue weighted by Crippen LogP contribution is -2.03. The summed E-state index contributed by atoms with van der Waals surface area (Å²) in [5.74, 6) is 0. The normalized spacial score (nSPS) is 13.3. The summed E-state index contributed by atoms with van der Waals surface area (Å²) in [6, 6.07) is 81.9. The van der Waals surface area contributed by atoms with E-state index in [2.05, 4.69) is 302 Å². The standard InChI is InChI=1S/C32H32N2.2C30H26N2/c1-5-21-15-19-24(32-29(21)25-11-7-9-13-27(25)34(32)4)20-18-23-17-16-22(6-2)31-30(23)26-12-8-10-14-28(26)33(31)3;2*1-31-25-9-5-3-7-23(25)27-19-11-15-21(29(27)31)17-13-20-12-16-22(18-14-19)30-28(20)24-8-4-6-10-26(24)32(30)2/h7-17,19H,5-6,18,20H2,1-4H3;2*3-12,15-16H,13-14,17-18H2,1-2H3. The topological polar surface area (TPSA) is 29.6 Å². The van der Waals surface area contributed by atoms with Gasteiger partial charge in [-0.1, -0.05) is 196 Å². The first kappa shape index (κ1) is 59.9. The van der Waals surface area contributed by atoms with Gasteiger partial charge < -0.3 is 27.4 Å². The van der Waals surface area contributed by atoms with E-state index in [1.165, 1.54) is 198 Å². The molecule has 0 atom stereocenters. The zero-order chi connectivity index (χ0) is 66.2. The predicted octanol–water partition coefficient (Wildman–Crippen LogP) is 21.6. The van der Waals surface area contributed by atoms with Crippen LogP contribution < -0.4 is 0 Å². The Balaban J connectivity index is 0.000000107. The molecule has 0 saturated carbocycles. The van der Waals surface area contributed by atoms with Crippen LogP contribution in [0, 0.1) is 0 Å². The molecule has 0 radical (unpaired) electrons. The minimum atomic E-state index is 1.04. The highest BCUT2D eigenvalue weighted by atomic mass is 15.0. The molecule has 6 heterocycles. The molecule has 0 saturated heterocycles. The smallest absolute Gasteiger partial charge is 0.0524 e. The van der Waals surface area contributed by atoms with Gasteiger partial charge in [-0.15, -0.1) is 0 Å². The van der Waals surface area contributed by atoms with Gasteiger partial charge in [0.1, 0.15) is 0 Å². The maximum absolute atomic E-state index is 2.42. The molecule has 0 spiro atoms. The average molecular weight is 1270 g/mol. The van der Waals surface area contributed by atoms with Crippen molar-refractivity contribution in [2.45, 2.75) is 90.9 Å². The molecule has 0 unspecified atom stereocenters. The van der Waals surface area contributed by atoms with Crippen molar-refractivity contribution in [3.05, 3.63) is 285 Å². The van der Waals surface area contributed by atoms with Crippen molar-refractivity contribution in [3.63, 3.8) is 0 Å². The van der Waals surface area contributed by atoms with Crippen molar-refractivity contribution in [1.29, 1.82) is 0 Å². The van der Waals surface area contributed by atoms with E-state index in [4.69, 9.17) is 0 Å². The second kappa shape index (κ2) is 23.6. The van der Waals surface area contributed by atoms with Crippen molar-refractivity contribution < 1.29 is 0 Å². The van der Waals surface area contributed by atoms with Crippen LogP contribution in [0.1, 0.15) is 80.6 Å². The van der Waals surface area contributed by atoms with Crippen molar-refractivity contribution >= 4 is 131 Å². The number of aryl methyl sites for hydroxylation is 18. The fourth-order valence-electron chi connectivity index (χ4n) is 18.7. The summed E-state index contributed by atoms with van der Waals surface area (Å²) >= 11 is 0. The number of fused-ring (bicyclic) bond motifs is 20. The molecule has 22 rings (SSSR count). The van der Waals surface area contributed by atoms with Gasteiger partial charge in [-0.2, -0.15) is 0 Å². The molecule has 18 aromatic rings. The fraction of sp³-hybridized carbons (Fsp3) is 0.217. The van der Waals surface area contributed by atoms with Crippen LogP contribution >= 0.6 is 0 Å². The third kappa shape index (κ3) is 9.12. The molecular formula is C92H84N6. The van der Waals surface area contributed by atoms with E-state index in [1.54, 1.807) is 0 Å². The Morgan fingerprint density at radius 2 is 0.418 bits per heavy atom. The van der Waals surface area contributed by atoms with E-state index in [9.17, 15) is 0 Å². The van der Waals surface area contributed by atoms with Gasteiger partial charge in [0.2, 0.25) is 0 Å². The van der Waals surface area contributed by atoms with E-state index in [0.717, 1.165) is 77.0 Å². The van der Waals surface area contributed by atoms with Crippen molar-refractivity contribution in [2.24, 2.45) is 42.3 Å². The zero-order valence-electron chi connectivity index (χ0n) is 58.0. The van der Waals surface area contributed by atoms with Crippen LogP contribution in [0.15, 0.2) is 218 Å². The Bertz CT molecular complexity index is 5780. The lowest BCUT2D eigenvalue weighted by atomic mass is 9.91. The minimum absolute atomic E-state index is 1.04. The summed E-state index contributed by atoms with van der Waals surface area (Å²) in [5, 5.41) is 17.0. The summed E-state index contributed by atoms with van der Waals surface area (Å²) in [7, 11) is 13.4. The maximum Gasteiger partial charge on any atom is 0.0524 e. The third-order valence-electron chi connectivity index (χ3n) is 23.4. The monoisotopic (exact) mass is 1270 g/mol. The van der Waals surface area contributed by atoms with Crippen LogP contribution in [0.2, 0.25) is 0 Å². The molecule has 482 valence electrons. The SMILES string of the molecule is CCc1ccc(CCc2ccc(CC)c3c2c2ccccc2n3C)c2c1c1ccccc1n2C.Cn1c2ccccc2c2c3ccc(c21)CCc1ccc(c2c1c1ccccc1n2C)CC3.Cn1c2ccccc2c2c3ccc(c21)CCc1ccc(c2c1c1ccccc1n2C)CC3. The molecule has 0 amide bonds. The molecule has 8 bridgehead atoms. The van der Waals surface area contributed by atoms with Gasteiger partial charge in [-0.25, -0.2) is 0 Å². The van der Waals surface area contributed by atoms with Crippen LogP contribution in [0.3, 0.4) is 0 Å².